The van der Waals surface area contributed by atoms with Crippen molar-refractivity contribution in [3.8, 4) is 0 Å². The number of nitrogens with zero attached hydrogens (tertiary/aromatic N) is 1. The predicted molar refractivity (Wildman–Crippen MR) is 126 cm³/mol. The number of nitrogens with one attached hydrogen (secondary N) is 3. The third-order valence-electron chi connectivity index (χ3n) is 5.69. The molecule has 2 amide bonds. The number of rotatable bonds is 9. The van der Waals surface area contributed by atoms with Gasteiger partial charge in [-0.25, -0.2) is 8.42 Å². The standard InChI is InChI=1S/C24H28N4O4S/c1-2-3-10-20(27-22-19-9-4-5-11-21(19)33(31,32)28-22)24(30)25-15-16-7-6-8-18(14-16)26-23(29)17-12-13-17/h4-9,11,14,17,20H,2-3,10,12-13,15H2,1H3,(H,25,30)(H,26,29)(H,27,28). The summed E-state index contributed by atoms with van der Waals surface area (Å²) in [5.41, 5.74) is 2.04. The van der Waals surface area contributed by atoms with E-state index in [1.54, 1.807) is 18.2 Å². The topological polar surface area (TPSA) is 117 Å². The summed E-state index contributed by atoms with van der Waals surface area (Å²) in [6.07, 6.45) is 4.05. The summed E-state index contributed by atoms with van der Waals surface area (Å²) in [7, 11) is -3.67. The van der Waals surface area contributed by atoms with Gasteiger partial charge in [0.1, 0.15) is 11.9 Å². The van der Waals surface area contributed by atoms with E-state index in [0.717, 1.165) is 31.2 Å². The molecule has 174 valence electrons. The lowest BCUT2D eigenvalue weighted by Crippen LogP contribution is -2.35. The van der Waals surface area contributed by atoms with Gasteiger partial charge in [-0.05, 0) is 49.1 Å². The fourth-order valence-electron chi connectivity index (χ4n) is 3.69. The van der Waals surface area contributed by atoms with Crippen LogP contribution >= 0.6 is 0 Å². The van der Waals surface area contributed by atoms with Crippen molar-refractivity contribution in [2.24, 2.45) is 10.9 Å². The summed E-state index contributed by atoms with van der Waals surface area (Å²) < 4.78 is 27.2. The van der Waals surface area contributed by atoms with Gasteiger partial charge in [-0.1, -0.05) is 44.0 Å². The van der Waals surface area contributed by atoms with Gasteiger partial charge in [0.15, 0.2) is 0 Å². The molecule has 1 saturated carbocycles. The summed E-state index contributed by atoms with van der Waals surface area (Å²) in [6.45, 7) is 2.30. The first-order valence-electron chi connectivity index (χ1n) is 11.2. The Labute approximate surface area is 193 Å². The van der Waals surface area contributed by atoms with Crippen molar-refractivity contribution in [3.05, 3.63) is 59.7 Å². The lowest BCUT2D eigenvalue weighted by Gasteiger charge is -2.14. The van der Waals surface area contributed by atoms with Crippen LogP contribution in [-0.4, -0.2) is 32.1 Å². The van der Waals surface area contributed by atoms with Crippen LogP contribution in [0.1, 0.15) is 50.2 Å². The van der Waals surface area contributed by atoms with Crippen LogP contribution in [-0.2, 0) is 26.2 Å². The molecule has 2 aliphatic rings. The van der Waals surface area contributed by atoms with E-state index in [4.69, 9.17) is 0 Å². The zero-order valence-corrected chi connectivity index (χ0v) is 19.3. The number of hydrogen-bond donors (Lipinski definition) is 3. The van der Waals surface area contributed by atoms with Gasteiger partial charge in [-0.2, -0.15) is 0 Å². The molecule has 1 atom stereocenters. The fraction of sp³-hybridized carbons (Fsp3) is 0.375. The summed E-state index contributed by atoms with van der Waals surface area (Å²) in [6, 6.07) is 13.3. The Kier molecular flexibility index (Phi) is 6.78. The lowest BCUT2D eigenvalue weighted by molar-refractivity contribution is -0.122. The Balaban J connectivity index is 1.46. The number of unbranched alkanes of at least 4 members (excludes halogenated alkanes) is 1. The molecule has 8 nitrogen and oxygen atoms in total. The smallest absolute Gasteiger partial charge is 0.263 e. The van der Waals surface area contributed by atoms with Crippen LogP contribution < -0.4 is 15.4 Å². The molecule has 1 aliphatic heterocycles. The number of fused-ring (bicyclic) bond motifs is 1. The molecule has 3 N–H and O–H groups in total. The van der Waals surface area contributed by atoms with Crippen LogP contribution in [0.4, 0.5) is 5.69 Å². The van der Waals surface area contributed by atoms with Gasteiger partial charge < -0.3 is 10.6 Å². The molecule has 0 saturated heterocycles. The quantitative estimate of drug-likeness (QED) is 0.525. The highest BCUT2D eigenvalue weighted by Gasteiger charge is 2.32. The number of aliphatic imine (C=N–C) groups is 1. The molecule has 0 aromatic heterocycles. The van der Waals surface area contributed by atoms with E-state index in [-0.39, 0.29) is 35.0 Å². The maximum atomic E-state index is 13.0. The Morgan fingerprint density at radius 2 is 1.94 bits per heavy atom. The number of carbonyl (C=O) groups is 2. The summed E-state index contributed by atoms with van der Waals surface area (Å²) >= 11 is 0. The second-order valence-corrected chi connectivity index (χ2v) is 10.1. The van der Waals surface area contributed by atoms with Crippen molar-refractivity contribution in [3.63, 3.8) is 0 Å². The van der Waals surface area contributed by atoms with Gasteiger partial charge in [-0.3, -0.25) is 19.3 Å². The molecule has 1 aliphatic carbocycles. The Hall–Kier alpha value is -3.20. The number of sulfonamides is 1. The largest absolute Gasteiger partial charge is 0.350 e. The number of amides is 2. The normalized spacial score (nSPS) is 18.3. The number of hydrogen-bond acceptors (Lipinski definition) is 5. The van der Waals surface area contributed by atoms with Crippen LogP contribution in [0.2, 0.25) is 0 Å². The molecule has 0 spiro atoms. The van der Waals surface area contributed by atoms with E-state index >= 15 is 0 Å². The van der Waals surface area contributed by atoms with Gasteiger partial charge in [-0.15, -0.1) is 0 Å². The molecule has 0 radical (unpaired) electrons. The van der Waals surface area contributed by atoms with Crippen molar-refractivity contribution >= 4 is 33.4 Å². The minimum Gasteiger partial charge on any atom is -0.350 e. The van der Waals surface area contributed by atoms with Gasteiger partial charge in [0, 0.05) is 23.7 Å². The second-order valence-electron chi connectivity index (χ2n) is 8.42. The van der Waals surface area contributed by atoms with Gasteiger partial charge >= 0.3 is 0 Å². The highest BCUT2D eigenvalue weighted by molar-refractivity contribution is 7.90. The van der Waals surface area contributed by atoms with E-state index in [1.807, 2.05) is 31.2 Å². The zero-order valence-electron chi connectivity index (χ0n) is 18.5. The maximum absolute atomic E-state index is 13.0. The van der Waals surface area contributed by atoms with Crippen LogP contribution in [0.3, 0.4) is 0 Å². The van der Waals surface area contributed by atoms with E-state index in [1.165, 1.54) is 6.07 Å². The molecule has 1 fully saturated rings. The maximum Gasteiger partial charge on any atom is 0.263 e. The van der Waals surface area contributed by atoms with Gasteiger partial charge in [0.2, 0.25) is 11.8 Å². The van der Waals surface area contributed by atoms with Crippen molar-refractivity contribution in [1.29, 1.82) is 0 Å². The molecular formula is C24H28N4O4S. The van der Waals surface area contributed by atoms with E-state index in [9.17, 15) is 18.0 Å². The van der Waals surface area contributed by atoms with Crippen LogP contribution in [0.15, 0.2) is 58.4 Å². The zero-order chi connectivity index (χ0) is 23.4. The number of amidine groups is 1. The molecule has 1 unspecified atom stereocenters. The van der Waals surface area contributed by atoms with Gasteiger partial charge in [0.05, 0.1) is 4.90 Å². The van der Waals surface area contributed by atoms with E-state index in [2.05, 4.69) is 20.3 Å². The average Bonchev–Trinajstić information content (AvgIpc) is 3.62. The molecule has 33 heavy (non-hydrogen) atoms. The Morgan fingerprint density at radius 3 is 2.70 bits per heavy atom. The number of benzene rings is 2. The van der Waals surface area contributed by atoms with Gasteiger partial charge in [0.25, 0.3) is 10.0 Å². The van der Waals surface area contributed by atoms with Crippen molar-refractivity contribution in [2.45, 2.75) is 56.5 Å². The van der Waals surface area contributed by atoms with Crippen LogP contribution in [0.5, 0.6) is 0 Å². The third kappa shape index (κ3) is 5.60. The first kappa shape index (κ1) is 23.0. The molecule has 2 aromatic rings. The molecule has 0 bridgehead atoms. The average molecular weight is 469 g/mol. The third-order valence-corrected chi connectivity index (χ3v) is 7.09. The monoisotopic (exact) mass is 468 g/mol. The van der Waals surface area contributed by atoms with E-state index < -0.39 is 16.1 Å². The number of carbonyl (C=O) groups excluding carboxylic acids is 2. The number of anilines is 1. The Bertz CT molecular complexity index is 1190. The SMILES string of the molecule is CCCCC(N=C1NS(=O)(=O)c2ccccc21)C(=O)NCc1cccc(NC(=O)C2CC2)c1. The van der Waals surface area contributed by atoms with Crippen molar-refractivity contribution in [1.82, 2.24) is 10.0 Å². The first-order valence-corrected chi connectivity index (χ1v) is 12.7. The Morgan fingerprint density at radius 1 is 1.15 bits per heavy atom. The summed E-state index contributed by atoms with van der Waals surface area (Å²) in [5.74, 6) is 0.0782. The molecule has 9 heteroatoms. The van der Waals surface area contributed by atoms with E-state index in [0.29, 0.717) is 17.7 Å². The first-order chi connectivity index (χ1) is 15.9. The molecule has 2 aromatic carbocycles. The predicted octanol–water partition coefficient (Wildman–Crippen LogP) is 2.95. The fourth-order valence-corrected chi connectivity index (χ4v) is 4.93. The molecular weight excluding hydrogens is 440 g/mol. The lowest BCUT2D eigenvalue weighted by atomic mass is 10.1. The minimum atomic E-state index is -3.67. The second kappa shape index (κ2) is 9.74. The summed E-state index contributed by atoms with van der Waals surface area (Å²) in [4.78, 5) is 29.6. The minimum absolute atomic E-state index is 0.0333. The van der Waals surface area contributed by atoms with Crippen molar-refractivity contribution < 1.29 is 18.0 Å². The van der Waals surface area contributed by atoms with Crippen molar-refractivity contribution in [2.75, 3.05) is 5.32 Å². The highest BCUT2D eigenvalue weighted by atomic mass is 32.2. The van der Waals surface area contributed by atoms with Crippen LogP contribution in [0.25, 0.3) is 0 Å². The molecule has 4 rings (SSSR count). The molecule has 1 heterocycles. The van der Waals surface area contributed by atoms with Crippen LogP contribution in [0, 0.1) is 5.92 Å². The highest BCUT2D eigenvalue weighted by Crippen LogP contribution is 2.30. The summed E-state index contributed by atoms with van der Waals surface area (Å²) in [5, 5.41) is 5.82.